The van der Waals surface area contributed by atoms with Crippen molar-refractivity contribution >= 4 is 23.8 Å². The molecule has 3 saturated heterocycles. The van der Waals surface area contributed by atoms with Crippen LogP contribution in [0.15, 0.2) is 36.7 Å². The lowest BCUT2D eigenvalue weighted by molar-refractivity contribution is -0.140. The standard InChI is InChI=1S/C46H64N8O6/c1-28(2)37(51-41(55)31-14-24-60-25-15-31)42(56)54-23-7-9-35(54)40-48-27-36(50-40)46-19-16-45(17-20-46,18-21-46)32-12-10-30(11-13-32)33-26-47-39(49-33)34-8-6-22-53(34)43(57)38(29(3)4)52-44(58)59-5/h10-13,26-29,31,34-35,37-38H,6-9,14-25H2,1-5H3,(H,47,49)(H,48,50)(H,51,55)(H,52,58)/t34-,35-,37-,38-,45?,46?/m0/s1. The van der Waals surface area contributed by atoms with Gasteiger partial charge in [-0.3, -0.25) is 14.4 Å². The Balaban J connectivity index is 0.897. The first-order valence-corrected chi connectivity index (χ1v) is 22.5. The lowest BCUT2D eigenvalue weighted by atomic mass is 9.51. The number of hydrogen-bond acceptors (Lipinski definition) is 8. The van der Waals surface area contributed by atoms with Gasteiger partial charge in [-0.25, -0.2) is 14.8 Å². The maximum Gasteiger partial charge on any atom is 0.407 e. The zero-order valence-corrected chi connectivity index (χ0v) is 36.1. The van der Waals surface area contributed by atoms with Gasteiger partial charge in [0.1, 0.15) is 23.7 Å². The Morgan fingerprint density at radius 1 is 0.733 bits per heavy atom. The summed E-state index contributed by atoms with van der Waals surface area (Å²) >= 11 is 0. The minimum atomic E-state index is -0.672. The molecule has 0 spiro atoms. The van der Waals surface area contributed by atoms with Crippen molar-refractivity contribution in [2.24, 2.45) is 17.8 Å². The number of H-pyrrole nitrogens is 2. The van der Waals surface area contributed by atoms with E-state index in [0.717, 1.165) is 87.1 Å². The van der Waals surface area contributed by atoms with Gasteiger partial charge in [0.25, 0.3) is 0 Å². The molecule has 3 aromatic rings. The number of nitrogens with one attached hydrogen (secondary N) is 4. The molecule has 4 atom stereocenters. The van der Waals surface area contributed by atoms with E-state index in [4.69, 9.17) is 19.4 Å². The van der Waals surface area contributed by atoms with Crippen molar-refractivity contribution in [2.75, 3.05) is 33.4 Å². The predicted molar refractivity (Wildman–Crippen MR) is 226 cm³/mol. The molecule has 2 aromatic heterocycles. The van der Waals surface area contributed by atoms with E-state index in [-0.39, 0.29) is 58.4 Å². The third-order valence-electron chi connectivity index (χ3n) is 14.7. The quantitative estimate of drug-likeness (QED) is 0.158. The minimum absolute atomic E-state index is 0.0123. The molecule has 1 aromatic carbocycles. The first kappa shape index (κ1) is 42.0. The van der Waals surface area contributed by atoms with Crippen LogP contribution in [0.25, 0.3) is 11.3 Å². The molecule has 5 heterocycles. The summed E-state index contributed by atoms with van der Waals surface area (Å²) in [7, 11) is 1.30. The summed E-state index contributed by atoms with van der Waals surface area (Å²) in [5.41, 5.74) is 4.77. The van der Waals surface area contributed by atoms with Crippen LogP contribution >= 0.6 is 0 Å². The highest BCUT2D eigenvalue weighted by molar-refractivity contribution is 5.89. The van der Waals surface area contributed by atoms with Crippen LogP contribution in [0, 0.1) is 17.8 Å². The monoisotopic (exact) mass is 824 g/mol. The minimum Gasteiger partial charge on any atom is -0.453 e. The number of methoxy groups -OCH3 is 1. The second-order valence-corrected chi connectivity index (χ2v) is 18.9. The molecule has 0 unspecified atom stereocenters. The number of rotatable bonds is 12. The van der Waals surface area contributed by atoms with Gasteiger partial charge in [-0.1, -0.05) is 52.0 Å². The van der Waals surface area contributed by atoms with Crippen LogP contribution in [0.3, 0.4) is 0 Å². The van der Waals surface area contributed by atoms with Crippen molar-refractivity contribution < 1.29 is 28.7 Å². The van der Waals surface area contributed by atoms with Gasteiger partial charge < -0.3 is 39.9 Å². The van der Waals surface area contributed by atoms with Gasteiger partial charge in [0.05, 0.1) is 31.1 Å². The fourth-order valence-electron chi connectivity index (χ4n) is 10.9. The molecule has 60 heavy (non-hydrogen) atoms. The van der Waals surface area contributed by atoms with Gasteiger partial charge >= 0.3 is 6.09 Å². The molecule has 14 nitrogen and oxygen atoms in total. The molecule has 14 heteroatoms. The average Bonchev–Trinajstić information content (AvgIpc) is 4.12. The smallest absolute Gasteiger partial charge is 0.407 e. The van der Waals surface area contributed by atoms with Gasteiger partial charge in [-0.05, 0) is 105 Å². The molecule has 0 radical (unpaired) electrons. The van der Waals surface area contributed by atoms with E-state index in [1.165, 1.54) is 18.4 Å². The summed E-state index contributed by atoms with van der Waals surface area (Å²) in [4.78, 5) is 73.6. The molecule has 4 amide bonds. The Morgan fingerprint density at radius 2 is 1.27 bits per heavy atom. The fourth-order valence-corrected chi connectivity index (χ4v) is 10.9. The van der Waals surface area contributed by atoms with Gasteiger partial charge in [0.15, 0.2) is 0 Å². The molecular formula is C46H64N8O6. The second-order valence-electron chi connectivity index (χ2n) is 18.9. The molecule has 3 saturated carbocycles. The number of amides is 4. The summed E-state index contributed by atoms with van der Waals surface area (Å²) in [5, 5.41) is 5.84. The molecule has 3 aliphatic heterocycles. The fraction of sp³-hybridized carbons (Fsp3) is 0.652. The third-order valence-corrected chi connectivity index (χ3v) is 14.7. The Morgan fingerprint density at radius 3 is 1.83 bits per heavy atom. The van der Waals surface area contributed by atoms with Gasteiger partial charge in [-0.15, -0.1) is 0 Å². The number of carbonyl (C=O) groups is 4. The van der Waals surface area contributed by atoms with Crippen LogP contribution in [0.1, 0.15) is 140 Å². The van der Waals surface area contributed by atoms with Crippen molar-refractivity contribution in [3.05, 3.63) is 59.6 Å². The van der Waals surface area contributed by atoms with Crippen molar-refractivity contribution in [2.45, 2.75) is 140 Å². The number of hydrogen-bond donors (Lipinski definition) is 4. The molecule has 4 N–H and O–H groups in total. The lowest BCUT2D eigenvalue weighted by Crippen LogP contribution is -2.52. The number of nitrogens with zero attached hydrogens (tertiary/aromatic N) is 4. The van der Waals surface area contributed by atoms with E-state index in [2.05, 4.69) is 44.9 Å². The van der Waals surface area contributed by atoms with Crippen LogP contribution in [-0.2, 0) is 34.7 Å². The number of likely N-dealkylation sites (tertiary alicyclic amines) is 2. The maximum atomic E-state index is 14.1. The van der Waals surface area contributed by atoms with Gasteiger partial charge in [0.2, 0.25) is 17.7 Å². The van der Waals surface area contributed by atoms with E-state index >= 15 is 0 Å². The summed E-state index contributed by atoms with van der Waals surface area (Å²) in [6.07, 6.45) is 14.7. The Bertz CT molecular complexity index is 1990. The summed E-state index contributed by atoms with van der Waals surface area (Å²) in [6, 6.07) is 7.44. The molecule has 6 aliphatic rings. The first-order chi connectivity index (χ1) is 28.9. The molecule has 2 bridgehead atoms. The van der Waals surface area contributed by atoms with E-state index in [1.54, 1.807) is 0 Å². The highest BCUT2D eigenvalue weighted by Crippen LogP contribution is 2.58. The first-order valence-electron chi connectivity index (χ1n) is 22.5. The van der Waals surface area contributed by atoms with Crippen LogP contribution < -0.4 is 10.6 Å². The lowest BCUT2D eigenvalue weighted by Gasteiger charge is -2.53. The molecule has 6 fully saturated rings. The molecule has 324 valence electrons. The number of aromatic nitrogens is 4. The van der Waals surface area contributed by atoms with E-state index in [9.17, 15) is 19.2 Å². The molecule has 3 aliphatic carbocycles. The third kappa shape index (κ3) is 8.08. The second kappa shape index (κ2) is 17.3. The Kier molecular flexibility index (Phi) is 12.1. The van der Waals surface area contributed by atoms with Crippen molar-refractivity contribution in [1.29, 1.82) is 0 Å². The van der Waals surface area contributed by atoms with Gasteiger partial charge in [-0.2, -0.15) is 0 Å². The number of imidazole rings is 2. The van der Waals surface area contributed by atoms with Crippen LogP contribution in [0.4, 0.5) is 4.79 Å². The zero-order chi connectivity index (χ0) is 42.2. The summed E-state index contributed by atoms with van der Waals surface area (Å²) in [6.45, 7) is 10.3. The maximum absolute atomic E-state index is 14.1. The largest absolute Gasteiger partial charge is 0.453 e. The van der Waals surface area contributed by atoms with Crippen LogP contribution in [-0.4, -0.2) is 99.0 Å². The summed E-state index contributed by atoms with van der Waals surface area (Å²) < 4.78 is 10.2. The van der Waals surface area contributed by atoms with Crippen molar-refractivity contribution in [3.63, 3.8) is 0 Å². The van der Waals surface area contributed by atoms with E-state index in [0.29, 0.717) is 39.1 Å². The van der Waals surface area contributed by atoms with Crippen LogP contribution in [0.2, 0.25) is 0 Å². The predicted octanol–water partition coefficient (Wildman–Crippen LogP) is 6.62. The summed E-state index contributed by atoms with van der Waals surface area (Å²) in [5.74, 6) is 1.24. The van der Waals surface area contributed by atoms with Gasteiger partial charge in [0, 0.05) is 49.5 Å². The topological polar surface area (TPSA) is 175 Å². The zero-order valence-electron chi connectivity index (χ0n) is 36.1. The van der Waals surface area contributed by atoms with Crippen molar-refractivity contribution in [3.8, 4) is 11.3 Å². The number of alkyl carbamates (subject to hydrolysis) is 1. The normalized spacial score (nSPS) is 26.7. The van der Waals surface area contributed by atoms with E-state index < -0.39 is 18.2 Å². The number of fused-ring (bicyclic) bond motifs is 3. The number of aromatic amines is 2. The van der Waals surface area contributed by atoms with E-state index in [1.807, 2.05) is 49.9 Å². The SMILES string of the molecule is COC(=O)N[C@H](C(=O)N1CCC[C@H]1c1ncc(-c2ccc(C34CCC(c5cnc([C@@H]6CCCN6C(=O)[C@@H](NC(=O)C6CCOCC6)C(C)C)[nH]5)(CC3)CC4)cc2)[nH]1)C(C)C. The molecule has 9 rings (SSSR count). The van der Waals surface area contributed by atoms with Crippen molar-refractivity contribution in [1.82, 2.24) is 40.4 Å². The Hall–Kier alpha value is -4.72. The average molecular weight is 825 g/mol. The Labute approximate surface area is 353 Å². The molecular weight excluding hydrogens is 761 g/mol. The number of carbonyl (C=O) groups excluding carboxylic acids is 4. The number of ether oxygens (including phenoxy) is 2. The van der Waals surface area contributed by atoms with Crippen LogP contribution in [0.5, 0.6) is 0 Å². The highest BCUT2D eigenvalue weighted by Gasteiger charge is 2.51. The number of benzene rings is 1. The highest BCUT2D eigenvalue weighted by atomic mass is 16.5.